The highest BCUT2D eigenvalue weighted by atomic mass is 32.3. The molecule has 0 saturated carbocycles. The van der Waals surface area contributed by atoms with Crippen molar-refractivity contribution in [1.29, 1.82) is 0 Å². The molecule has 0 aliphatic carbocycles. The molecule has 1 fully saturated rings. The van der Waals surface area contributed by atoms with Gasteiger partial charge >= 0.3 is 0 Å². The molecule has 0 aromatic rings. The summed E-state index contributed by atoms with van der Waals surface area (Å²) in [6.45, 7) is 4.67. The van der Waals surface area contributed by atoms with Crippen molar-refractivity contribution in [2.24, 2.45) is 0 Å². The minimum atomic E-state index is 0.791. The van der Waals surface area contributed by atoms with Crippen molar-refractivity contribution in [2.45, 2.75) is 34.7 Å². The van der Waals surface area contributed by atoms with E-state index in [9.17, 15) is 0 Å². The fourth-order valence-electron chi connectivity index (χ4n) is 1.10. The van der Waals surface area contributed by atoms with Gasteiger partial charge in [0.2, 0.25) is 0 Å². The maximum Gasteiger partial charge on any atom is 0.0958 e. The molecule has 2 unspecified atom stereocenters. The highest BCUT2D eigenvalue weighted by Gasteiger charge is 2.23. The Kier molecular flexibility index (Phi) is 3.81. The van der Waals surface area contributed by atoms with Gasteiger partial charge in [-0.3, -0.25) is 0 Å². The van der Waals surface area contributed by atoms with Gasteiger partial charge in [0.1, 0.15) is 0 Å². The van der Waals surface area contributed by atoms with E-state index in [1.54, 1.807) is 0 Å². The first-order chi connectivity index (χ1) is 4.72. The fourth-order valence-corrected chi connectivity index (χ4v) is 6.20. The molecular weight excluding hydrogens is 180 g/mol. The summed E-state index contributed by atoms with van der Waals surface area (Å²) in [5, 5.41) is 1.74. The number of hydrogen-bond donors (Lipinski definition) is 0. The third kappa shape index (κ3) is 2.59. The molecule has 3 heteroatoms. The molecule has 1 aliphatic rings. The molecule has 0 spiro atoms. The van der Waals surface area contributed by atoms with Crippen LogP contribution in [0.4, 0.5) is 0 Å². The predicted molar refractivity (Wildman–Crippen MR) is 56.0 cm³/mol. The summed E-state index contributed by atoms with van der Waals surface area (Å²) < 4.78 is 0.791. The van der Waals surface area contributed by atoms with Crippen molar-refractivity contribution in [1.82, 2.24) is 0 Å². The van der Waals surface area contributed by atoms with Crippen LogP contribution in [0.2, 0.25) is 0 Å². The van der Waals surface area contributed by atoms with Crippen LogP contribution >= 0.6 is 35.3 Å². The van der Waals surface area contributed by atoms with Gasteiger partial charge in [-0.05, 0) is 12.7 Å². The zero-order valence-electron chi connectivity index (χ0n) is 6.66. The van der Waals surface area contributed by atoms with Gasteiger partial charge in [-0.2, -0.15) is 0 Å². The first-order valence-corrected chi connectivity index (χ1v) is 6.73. The second-order valence-electron chi connectivity index (χ2n) is 2.65. The fraction of sp³-hybridized carbons (Fsp3) is 1.00. The maximum atomic E-state index is 2.34. The van der Waals surface area contributed by atoms with Crippen LogP contribution in [0.25, 0.3) is 0 Å². The third-order valence-electron chi connectivity index (χ3n) is 1.54. The Bertz CT molecular complexity index is 95.0. The van der Waals surface area contributed by atoms with Crippen LogP contribution in [-0.2, 0) is 0 Å². The van der Waals surface area contributed by atoms with E-state index >= 15 is 0 Å². The Labute approximate surface area is 76.3 Å². The molecule has 2 atom stereocenters. The highest BCUT2D eigenvalue weighted by Crippen LogP contribution is 2.44. The van der Waals surface area contributed by atoms with Crippen LogP contribution < -0.4 is 0 Å². The third-order valence-corrected chi connectivity index (χ3v) is 6.17. The standard InChI is InChI=1S/C7H14S3/c1-5-4-6(2)10-7(8-3)9-5/h5-7H,4H2,1-3H3. The molecule has 0 N–H and O–H groups in total. The van der Waals surface area contributed by atoms with Gasteiger partial charge in [-0.25, -0.2) is 0 Å². The Morgan fingerprint density at radius 1 is 1.20 bits per heavy atom. The molecule has 0 radical (unpaired) electrons. The van der Waals surface area contributed by atoms with Gasteiger partial charge in [-0.1, -0.05) is 13.8 Å². The van der Waals surface area contributed by atoms with Crippen LogP contribution in [0.15, 0.2) is 0 Å². The van der Waals surface area contributed by atoms with Crippen molar-refractivity contribution < 1.29 is 0 Å². The minimum absolute atomic E-state index is 0.791. The highest BCUT2D eigenvalue weighted by molar-refractivity contribution is 8.32. The van der Waals surface area contributed by atoms with E-state index in [1.807, 2.05) is 11.8 Å². The lowest BCUT2D eigenvalue weighted by molar-refractivity contribution is 0.797. The number of thioether (sulfide) groups is 3. The molecule has 0 aromatic heterocycles. The molecule has 0 nitrogen and oxygen atoms in total. The molecule has 0 amide bonds. The summed E-state index contributed by atoms with van der Waals surface area (Å²) in [7, 11) is 0. The Balaban J connectivity index is 2.35. The van der Waals surface area contributed by atoms with Crippen LogP contribution in [0, 0.1) is 0 Å². The first-order valence-electron chi connectivity index (χ1n) is 3.56. The summed E-state index contributed by atoms with van der Waals surface area (Å²) in [5.74, 6) is 0. The van der Waals surface area contributed by atoms with Gasteiger partial charge in [-0.15, -0.1) is 35.3 Å². The van der Waals surface area contributed by atoms with Gasteiger partial charge in [0, 0.05) is 10.5 Å². The average Bonchev–Trinajstić information content (AvgIpc) is 1.85. The smallest absolute Gasteiger partial charge is 0.0958 e. The van der Waals surface area contributed by atoms with Crippen LogP contribution in [0.3, 0.4) is 0 Å². The zero-order chi connectivity index (χ0) is 7.56. The summed E-state index contributed by atoms with van der Waals surface area (Å²) in [4.78, 5) is 0. The van der Waals surface area contributed by atoms with Crippen molar-refractivity contribution >= 4 is 35.3 Å². The molecule has 1 rings (SSSR count). The van der Waals surface area contributed by atoms with Gasteiger partial charge in [0.05, 0.1) is 3.91 Å². The van der Waals surface area contributed by atoms with Crippen molar-refractivity contribution in [3.8, 4) is 0 Å². The SMILES string of the molecule is CSC1SC(C)CC(C)S1. The molecule has 0 bridgehead atoms. The number of rotatable bonds is 1. The first kappa shape index (κ1) is 9.14. The van der Waals surface area contributed by atoms with Crippen LogP contribution in [-0.4, -0.2) is 20.7 Å². The molecule has 1 heterocycles. The molecule has 0 aromatic carbocycles. The number of hydrogen-bond acceptors (Lipinski definition) is 3. The van der Waals surface area contributed by atoms with Crippen molar-refractivity contribution in [2.75, 3.05) is 6.26 Å². The van der Waals surface area contributed by atoms with Crippen LogP contribution in [0.5, 0.6) is 0 Å². The molecule has 1 aliphatic heterocycles. The largest absolute Gasteiger partial charge is 0.140 e. The minimum Gasteiger partial charge on any atom is -0.140 e. The van der Waals surface area contributed by atoms with E-state index in [0.29, 0.717) is 0 Å². The zero-order valence-corrected chi connectivity index (χ0v) is 9.11. The maximum absolute atomic E-state index is 2.34. The van der Waals surface area contributed by atoms with E-state index in [0.717, 1.165) is 14.4 Å². The van der Waals surface area contributed by atoms with E-state index < -0.39 is 0 Å². The van der Waals surface area contributed by atoms with Gasteiger partial charge in [0.25, 0.3) is 0 Å². The van der Waals surface area contributed by atoms with Crippen LogP contribution in [0.1, 0.15) is 20.3 Å². The molecular formula is C7H14S3. The van der Waals surface area contributed by atoms with Crippen molar-refractivity contribution in [3.05, 3.63) is 0 Å². The normalized spacial score (nSPS) is 41.7. The van der Waals surface area contributed by atoms with Gasteiger partial charge < -0.3 is 0 Å². The van der Waals surface area contributed by atoms with E-state index in [-0.39, 0.29) is 0 Å². The topological polar surface area (TPSA) is 0 Å². The molecule has 10 heavy (non-hydrogen) atoms. The molecule has 1 saturated heterocycles. The predicted octanol–water partition coefficient (Wildman–Crippen LogP) is 3.28. The van der Waals surface area contributed by atoms with E-state index in [1.165, 1.54) is 6.42 Å². The second kappa shape index (κ2) is 4.17. The average molecular weight is 194 g/mol. The van der Waals surface area contributed by atoms with E-state index in [4.69, 9.17) is 0 Å². The monoisotopic (exact) mass is 194 g/mol. The lowest BCUT2D eigenvalue weighted by atomic mass is 10.3. The van der Waals surface area contributed by atoms with E-state index in [2.05, 4.69) is 43.6 Å². The summed E-state index contributed by atoms with van der Waals surface area (Å²) >= 11 is 6.21. The lowest BCUT2D eigenvalue weighted by Crippen LogP contribution is -2.17. The second-order valence-corrected chi connectivity index (χ2v) is 7.59. The Hall–Kier alpha value is 1.05. The van der Waals surface area contributed by atoms with Gasteiger partial charge in [0.15, 0.2) is 0 Å². The Morgan fingerprint density at radius 3 is 2.10 bits per heavy atom. The quantitative estimate of drug-likeness (QED) is 0.629. The van der Waals surface area contributed by atoms with Crippen molar-refractivity contribution in [3.63, 3.8) is 0 Å². The lowest BCUT2D eigenvalue weighted by Gasteiger charge is -2.29. The summed E-state index contributed by atoms with van der Waals surface area (Å²) in [6, 6.07) is 0. The summed E-state index contributed by atoms with van der Waals surface area (Å²) in [5.41, 5.74) is 0. The molecule has 60 valence electrons. The summed E-state index contributed by atoms with van der Waals surface area (Å²) in [6.07, 6.45) is 3.59. The Morgan fingerprint density at radius 2 is 1.70 bits per heavy atom.